The molecule has 2 aromatic rings. The van der Waals surface area contributed by atoms with Gasteiger partial charge in [0.2, 0.25) is 0 Å². The molecule has 0 saturated heterocycles. The number of ketones is 1. The first-order valence-electron chi connectivity index (χ1n) is 5.03. The Morgan fingerprint density at radius 1 is 1.21 bits per heavy atom. The lowest BCUT2D eigenvalue weighted by Crippen LogP contribution is -2.01. The van der Waals surface area contributed by atoms with Crippen molar-refractivity contribution < 1.29 is 13.6 Å². The molecule has 0 bridgehead atoms. The van der Waals surface area contributed by atoms with Crippen molar-refractivity contribution in [2.24, 2.45) is 0 Å². The monoisotopic (exact) mass is 338 g/mol. The first-order chi connectivity index (χ1) is 8.97. The lowest BCUT2D eigenvalue weighted by molar-refractivity contribution is 0.102. The second-order valence-electron chi connectivity index (χ2n) is 3.53. The summed E-state index contributed by atoms with van der Waals surface area (Å²) in [6.07, 6.45) is 0. The minimum Gasteiger partial charge on any atom is -0.293 e. The van der Waals surface area contributed by atoms with E-state index in [1.807, 2.05) is 0 Å². The van der Waals surface area contributed by atoms with Gasteiger partial charge in [0, 0.05) is 10.5 Å². The van der Waals surface area contributed by atoms with Crippen molar-refractivity contribution in [3.05, 3.63) is 50.1 Å². The summed E-state index contributed by atoms with van der Waals surface area (Å²) in [6.45, 7) is 0. The highest BCUT2D eigenvalue weighted by atomic mass is 35.5. The number of rotatable bonds is 4. The van der Waals surface area contributed by atoms with Crippen molar-refractivity contribution in [3.8, 4) is 0 Å². The smallest absolute Gasteiger partial charge is 0.175 e. The third-order valence-electron chi connectivity index (χ3n) is 2.22. The van der Waals surface area contributed by atoms with Crippen LogP contribution in [0.25, 0.3) is 0 Å². The summed E-state index contributed by atoms with van der Waals surface area (Å²) in [5.74, 6) is -1.97. The molecule has 0 fully saturated rings. The molecule has 0 unspecified atom stereocenters. The molecule has 100 valence electrons. The lowest BCUT2D eigenvalue weighted by Gasteiger charge is -2.01. The van der Waals surface area contributed by atoms with Crippen molar-refractivity contribution in [3.63, 3.8) is 0 Å². The van der Waals surface area contributed by atoms with Crippen molar-refractivity contribution in [1.82, 2.24) is 0 Å². The van der Waals surface area contributed by atoms with Crippen molar-refractivity contribution >= 4 is 52.1 Å². The van der Waals surface area contributed by atoms with Crippen molar-refractivity contribution in [1.29, 1.82) is 0 Å². The van der Waals surface area contributed by atoms with Crippen LogP contribution >= 0.6 is 46.3 Å². The van der Waals surface area contributed by atoms with Crippen LogP contribution in [0.3, 0.4) is 0 Å². The van der Waals surface area contributed by atoms with Crippen LogP contribution in [0.15, 0.2) is 29.2 Å². The zero-order chi connectivity index (χ0) is 14.0. The minimum atomic E-state index is -0.936. The van der Waals surface area contributed by atoms with Gasteiger partial charge < -0.3 is 0 Å². The molecule has 7 heteroatoms. The van der Waals surface area contributed by atoms with Crippen molar-refractivity contribution in [2.45, 2.75) is 4.90 Å². The van der Waals surface area contributed by atoms with E-state index in [-0.39, 0.29) is 11.5 Å². The highest BCUT2D eigenvalue weighted by molar-refractivity contribution is 8.00. The summed E-state index contributed by atoms with van der Waals surface area (Å²) < 4.78 is 26.5. The van der Waals surface area contributed by atoms with E-state index in [0.29, 0.717) is 19.1 Å². The van der Waals surface area contributed by atoms with Gasteiger partial charge in [0.25, 0.3) is 0 Å². The maximum Gasteiger partial charge on any atom is 0.175 e. The lowest BCUT2D eigenvalue weighted by atomic mass is 10.2. The molecule has 1 heterocycles. The average molecular weight is 339 g/mol. The summed E-state index contributed by atoms with van der Waals surface area (Å²) in [6, 6.07) is 4.99. The van der Waals surface area contributed by atoms with Crippen LogP contribution in [0.4, 0.5) is 8.78 Å². The number of thiophene rings is 1. The van der Waals surface area contributed by atoms with E-state index in [2.05, 4.69) is 0 Å². The Bertz CT molecular complexity index is 628. The Kier molecular flexibility index (Phi) is 4.84. The maximum atomic E-state index is 13.0. The van der Waals surface area contributed by atoms with Gasteiger partial charge in [0.05, 0.1) is 10.1 Å². The summed E-state index contributed by atoms with van der Waals surface area (Å²) in [7, 11) is 0. The highest BCUT2D eigenvalue weighted by Crippen LogP contribution is 2.32. The molecule has 0 spiro atoms. The van der Waals surface area contributed by atoms with Crippen LogP contribution in [-0.2, 0) is 0 Å². The number of thioether (sulfide) groups is 1. The van der Waals surface area contributed by atoms with Crippen molar-refractivity contribution in [2.75, 3.05) is 5.75 Å². The van der Waals surface area contributed by atoms with Crippen LogP contribution in [0.1, 0.15) is 10.4 Å². The van der Waals surface area contributed by atoms with E-state index in [1.54, 1.807) is 0 Å². The van der Waals surface area contributed by atoms with Gasteiger partial charge in [-0.1, -0.05) is 23.2 Å². The molecule has 1 aromatic heterocycles. The van der Waals surface area contributed by atoms with Crippen LogP contribution < -0.4 is 0 Å². The summed E-state index contributed by atoms with van der Waals surface area (Å²) >= 11 is 13.8. The zero-order valence-corrected chi connectivity index (χ0v) is 12.4. The average Bonchev–Trinajstić information content (AvgIpc) is 2.70. The molecule has 0 radical (unpaired) electrons. The van der Waals surface area contributed by atoms with Gasteiger partial charge in [-0.25, -0.2) is 8.78 Å². The molecule has 0 saturated carbocycles. The molecular weight excluding hydrogens is 333 g/mol. The fourth-order valence-electron chi connectivity index (χ4n) is 1.32. The first-order valence-corrected chi connectivity index (χ1v) is 7.59. The largest absolute Gasteiger partial charge is 0.293 e. The fourth-order valence-corrected chi connectivity index (χ4v) is 3.63. The van der Waals surface area contributed by atoms with E-state index in [0.717, 1.165) is 35.2 Å². The molecule has 0 aliphatic carbocycles. The zero-order valence-electron chi connectivity index (χ0n) is 9.25. The molecule has 19 heavy (non-hydrogen) atoms. The number of hydrogen-bond acceptors (Lipinski definition) is 3. The number of Topliss-reactive ketones (excluding diaryl/α,β-unsaturated/α-hetero) is 1. The number of hydrogen-bond donors (Lipinski definition) is 0. The molecule has 0 aliphatic heterocycles. The Morgan fingerprint density at radius 2 is 1.95 bits per heavy atom. The number of carbonyl (C=O) groups excluding carboxylic acids is 1. The fraction of sp³-hybridized carbons (Fsp3) is 0.0833. The SMILES string of the molecule is O=C(CSc1ccc(F)c(F)c1)c1cc(Cl)sc1Cl. The second-order valence-corrected chi connectivity index (χ2v) is 6.86. The molecule has 1 nitrogen and oxygen atoms in total. The minimum absolute atomic E-state index is 0.0812. The topological polar surface area (TPSA) is 17.1 Å². The number of halogens is 4. The van der Waals surface area contributed by atoms with Gasteiger partial charge in [-0.15, -0.1) is 23.1 Å². The van der Waals surface area contributed by atoms with Crippen LogP contribution in [-0.4, -0.2) is 11.5 Å². The predicted molar refractivity (Wildman–Crippen MR) is 75.8 cm³/mol. The number of carbonyl (C=O) groups is 1. The Hall–Kier alpha value is -0.620. The maximum absolute atomic E-state index is 13.0. The second kappa shape index (κ2) is 6.22. The highest BCUT2D eigenvalue weighted by Gasteiger charge is 2.14. The summed E-state index contributed by atoms with van der Waals surface area (Å²) in [5.41, 5.74) is 0.353. The van der Waals surface area contributed by atoms with E-state index in [1.165, 1.54) is 12.1 Å². The first kappa shape index (κ1) is 14.8. The summed E-state index contributed by atoms with van der Waals surface area (Å²) in [5, 5.41) is 0. The third-order valence-corrected chi connectivity index (χ3v) is 4.70. The molecular formula is C12H6Cl2F2OS2. The molecule has 1 aromatic carbocycles. The Labute approximate surface area is 126 Å². The van der Waals surface area contributed by atoms with Gasteiger partial charge in [-0.3, -0.25) is 4.79 Å². The summed E-state index contributed by atoms with van der Waals surface area (Å²) in [4.78, 5) is 12.4. The van der Waals surface area contributed by atoms with Crippen LogP contribution in [0.2, 0.25) is 8.67 Å². The Balaban J connectivity index is 2.04. The van der Waals surface area contributed by atoms with Gasteiger partial charge >= 0.3 is 0 Å². The Morgan fingerprint density at radius 3 is 2.53 bits per heavy atom. The third kappa shape index (κ3) is 3.69. The number of benzene rings is 1. The molecule has 0 N–H and O–H groups in total. The van der Waals surface area contributed by atoms with Crippen LogP contribution in [0.5, 0.6) is 0 Å². The van der Waals surface area contributed by atoms with E-state index >= 15 is 0 Å². The van der Waals surface area contributed by atoms with Gasteiger partial charge in [0.15, 0.2) is 17.4 Å². The van der Waals surface area contributed by atoms with E-state index in [4.69, 9.17) is 23.2 Å². The van der Waals surface area contributed by atoms with Gasteiger partial charge in [0.1, 0.15) is 4.34 Å². The molecule has 2 rings (SSSR count). The molecule has 0 aliphatic rings. The van der Waals surface area contributed by atoms with Crippen LogP contribution in [0, 0.1) is 11.6 Å². The van der Waals surface area contributed by atoms with Gasteiger partial charge in [-0.2, -0.15) is 0 Å². The quantitative estimate of drug-likeness (QED) is 0.555. The standard InChI is InChI=1S/C12H6Cl2F2OS2/c13-11-4-7(12(14)19-11)10(17)5-18-6-1-2-8(15)9(16)3-6/h1-4H,5H2. The molecule has 0 atom stereocenters. The van der Waals surface area contributed by atoms with E-state index < -0.39 is 11.6 Å². The predicted octanol–water partition coefficient (Wildman–Crippen LogP) is 5.31. The molecule has 0 amide bonds. The van der Waals surface area contributed by atoms with Gasteiger partial charge in [-0.05, 0) is 24.3 Å². The van der Waals surface area contributed by atoms with E-state index in [9.17, 15) is 13.6 Å². The normalized spacial score (nSPS) is 10.7.